The smallest absolute Gasteiger partial charge is 0.264 e. The highest BCUT2D eigenvalue weighted by atomic mass is 35.5. The van der Waals surface area contributed by atoms with Crippen LogP contribution in [0.3, 0.4) is 0 Å². The Kier molecular flexibility index (Phi) is 4.51. The Bertz CT molecular complexity index is 778. The van der Waals surface area contributed by atoms with Crippen LogP contribution in [0.5, 0.6) is 0 Å². The summed E-state index contributed by atoms with van der Waals surface area (Å²) in [4.78, 5) is -0.451. The molecule has 0 spiro atoms. The summed E-state index contributed by atoms with van der Waals surface area (Å²) in [6.07, 6.45) is 0. The van der Waals surface area contributed by atoms with Crippen molar-refractivity contribution in [3.63, 3.8) is 0 Å². The second-order valence-corrected chi connectivity index (χ2v) is 6.57. The third kappa shape index (κ3) is 3.53. The lowest BCUT2D eigenvalue weighted by molar-refractivity contribution is 0.282. The molecule has 2 aromatic rings. The fourth-order valence-electron chi connectivity index (χ4n) is 1.77. The first-order chi connectivity index (χ1) is 9.83. The van der Waals surface area contributed by atoms with Gasteiger partial charge in [0.1, 0.15) is 10.7 Å². The minimum Gasteiger partial charge on any atom is -0.392 e. The lowest BCUT2D eigenvalue weighted by Gasteiger charge is -2.12. The van der Waals surface area contributed by atoms with Crippen LogP contribution >= 0.6 is 11.6 Å². The molecule has 0 saturated heterocycles. The van der Waals surface area contributed by atoms with E-state index >= 15 is 0 Å². The topological polar surface area (TPSA) is 66.4 Å². The maximum absolute atomic E-state index is 13.7. The molecule has 0 aliphatic heterocycles. The number of aliphatic hydroxyl groups is 1. The summed E-state index contributed by atoms with van der Waals surface area (Å²) in [5, 5.41) is 9.22. The van der Waals surface area contributed by atoms with Gasteiger partial charge in [-0.1, -0.05) is 23.7 Å². The number of hydrogen-bond donors (Lipinski definition) is 2. The van der Waals surface area contributed by atoms with Crippen LogP contribution in [-0.4, -0.2) is 13.5 Å². The van der Waals surface area contributed by atoms with E-state index in [-0.39, 0.29) is 17.3 Å². The van der Waals surface area contributed by atoms with E-state index in [4.69, 9.17) is 16.7 Å². The number of halogens is 2. The van der Waals surface area contributed by atoms with E-state index in [0.717, 1.165) is 6.07 Å². The predicted molar refractivity (Wildman–Crippen MR) is 79.3 cm³/mol. The predicted octanol–water partition coefficient (Wildman–Crippen LogP) is 3.08. The molecule has 2 aromatic carbocycles. The zero-order valence-electron chi connectivity index (χ0n) is 11.1. The van der Waals surface area contributed by atoms with Gasteiger partial charge < -0.3 is 5.11 Å². The average molecular weight is 330 g/mol. The molecule has 112 valence electrons. The number of nitrogens with one attached hydrogen (secondary N) is 1. The quantitative estimate of drug-likeness (QED) is 0.906. The van der Waals surface area contributed by atoms with E-state index < -0.39 is 20.7 Å². The van der Waals surface area contributed by atoms with Crippen LogP contribution in [-0.2, 0) is 16.6 Å². The molecule has 0 saturated carbocycles. The number of hydrogen-bond acceptors (Lipinski definition) is 3. The van der Waals surface area contributed by atoms with Gasteiger partial charge in [0, 0.05) is 0 Å². The van der Waals surface area contributed by atoms with Crippen molar-refractivity contribution < 1.29 is 17.9 Å². The van der Waals surface area contributed by atoms with Gasteiger partial charge >= 0.3 is 0 Å². The van der Waals surface area contributed by atoms with Crippen LogP contribution in [0.25, 0.3) is 0 Å². The molecule has 0 unspecified atom stereocenters. The van der Waals surface area contributed by atoms with E-state index in [1.807, 2.05) is 0 Å². The molecule has 2 rings (SSSR count). The maximum atomic E-state index is 13.7. The Morgan fingerprint density at radius 3 is 2.62 bits per heavy atom. The zero-order chi connectivity index (χ0) is 15.6. The lowest BCUT2D eigenvalue weighted by Crippen LogP contribution is -2.15. The van der Waals surface area contributed by atoms with Gasteiger partial charge in [-0.25, -0.2) is 12.8 Å². The highest BCUT2D eigenvalue weighted by Crippen LogP contribution is 2.27. The summed E-state index contributed by atoms with van der Waals surface area (Å²) < 4.78 is 40.5. The molecule has 0 aliphatic rings. The van der Waals surface area contributed by atoms with Crippen LogP contribution in [0.4, 0.5) is 10.1 Å². The van der Waals surface area contributed by atoms with E-state index in [1.54, 1.807) is 13.0 Å². The highest BCUT2D eigenvalue weighted by molar-refractivity contribution is 7.92. The molecule has 0 bridgehead atoms. The van der Waals surface area contributed by atoms with Crippen LogP contribution in [0.1, 0.15) is 11.1 Å². The van der Waals surface area contributed by atoms with Crippen molar-refractivity contribution in [2.45, 2.75) is 18.4 Å². The van der Waals surface area contributed by atoms with Crippen molar-refractivity contribution in [1.29, 1.82) is 0 Å². The van der Waals surface area contributed by atoms with E-state index in [2.05, 4.69) is 4.72 Å². The fourth-order valence-corrected chi connectivity index (χ4v) is 3.22. The number of aryl methyl sites for hydroxylation is 1. The van der Waals surface area contributed by atoms with Gasteiger partial charge in [0.15, 0.2) is 0 Å². The van der Waals surface area contributed by atoms with Crippen molar-refractivity contribution in [3.05, 3.63) is 58.4 Å². The summed E-state index contributed by atoms with van der Waals surface area (Å²) in [6.45, 7) is 1.41. The molecule has 0 radical (unpaired) electrons. The van der Waals surface area contributed by atoms with Crippen LogP contribution < -0.4 is 4.72 Å². The normalized spacial score (nSPS) is 11.4. The van der Waals surface area contributed by atoms with Crippen LogP contribution in [0.2, 0.25) is 5.02 Å². The van der Waals surface area contributed by atoms with Gasteiger partial charge in [-0.3, -0.25) is 4.72 Å². The van der Waals surface area contributed by atoms with Crippen molar-refractivity contribution >= 4 is 27.3 Å². The largest absolute Gasteiger partial charge is 0.392 e. The summed E-state index contributed by atoms with van der Waals surface area (Å²) in [6, 6.07) is 8.23. The third-order valence-electron chi connectivity index (χ3n) is 2.83. The van der Waals surface area contributed by atoms with Gasteiger partial charge in [-0.2, -0.15) is 0 Å². The fraction of sp³-hybridized carbons (Fsp3) is 0.143. The number of aliphatic hydroxyl groups excluding tert-OH is 1. The van der Waals surface area contributed by atoms with Crippen LogP contribution in [0.15, 0.2) is 41.3 Å². The first-order valence-electron chi connectivity index (χ1n) is 6.02. The third-order valence-corrected chi connectivity index (χ3v) is 4.54. The van der Waals surface area contributed by atoms with Gasteiger partial charge in [-0.15, -0.1) is 0 Å². The Labute approximate surface area is 127 Å². The molecule has 0 aromatic heterocycles. The van der Waals surface area contributed by atoms with Gasteiger partial charge in [0.2, 0.25) is 0 Å². The summed E-state index contributed by atoms with van der Waals surface area (Å²) >= 11 is 5.92. The standard InChI is InChI=1S/C14H13ClFNO3S/c1-9-2-5-12(16)14(6-9)21(19,20)17-13-7-10(8-18)3-4-11(13)15/h2-7,17-18H,8H2,1H3. The molecular formula is C14H13ClFNO3S. The van der Waals surface area contributed by atoms with Crippen molar-refractivity contribution in [3.8, 4) is 0 Å². The number of sulfonamides is 1. The molecular weight excluding hydrogens is 317 g/mol. The average Bonchev–Trinajstić information content (AvgIpc) is 2.43. The van der Waals surface area contributed by atoms with Gasteiger partial charge in [0.25, 0.3) is 10.0 Å². The summed E-state index contributed by atoms with van der Waals surface area (Å²) in [7, 11) is -4.11. The van der Waals surface area contributed by atoms with Crippen LogP contribution in [0, 0.1) is 12.7 Å². The first kappa shape index (κ1) is 15.8. The minimum absolute atomic E-state index is 0.0872. The van der Waals surface area contributed by atoms with Crippen molar-refractivity contribution in [2.75, 3.05) is 4.72 Å². The van der Waals surface area contributed by atoms with E-state index in [9.17, 15) is 12.8 Å². The number of anilines is 1. The van der Waals surface area contributed by atoms with Gasteiger partial charge in [0.05, 0.1) is 17.3 Å². The molecule has 0 fully saturated rings. The van der Waals surface area contributed by atoms with E-state index in [1.165, 1.54) is 24.3 Å². The van der Waals surface area contributed by atoms with Crippen molar-refractivity contribution in [1.82, 2.24) is 0 Å². The molecule has 0 aliphatic carbocycles. The molecule has 0 atom stereocenters. The number of benzene rings is 2. The monoisotopic (exact) mass is 329 g/mol. The Morgan fingerprint density at radius 1 is 1.24 bits per heavy atom. The molecule has 0 amide bonds. The molecule has 2 N–H and O–H groups in total. The maximum Gasteiger partial charge on any atom is 0.264 e. The zero-order valence-corrected chi connectivity index (χ0v) is 12.7. The molecule has 4 nitrogen and oxygen atoms in total. The second kappa shape index (κ2) is 6.01. The van der Waals surface area contributed by atoms with Gasteiger partial charge in [-0.05, 0) is 42.3 Å². The highest BCUT2D eigenvalue weighted by Gasteiger charge is 2.20. The lowest BCUT2D eigenvalue weighted by atomic mass is 10.2. The Balaban J connectivity index is 2.44. The first-order valence-corrected chi connectivity index (χ1v) is 7.88. The molecule has 7 heteroatoms. The second-order valence-electron chi connectivity index (χ2n) is 4.51. The number of rotatable bonds is 4. The SMILES string of the molecule is Cc1ccc(F)c(S(=O)(=O)Nc2cc(CO)ccc2Cl)c1. The Morgan fingerprint density at radius 2 is 1.95 bits per heavy atom. The molecule has 0 heterocycles. The summed E-state index contributed by atoms with van der Waals surface area (Å²) in [5.74, 6) is -0.845. The van der Waals surface area contributed by atoms with Crippen molar-refractivity contribution in [2.24, 2.45) is 0 Å². The summed E-state index contributed by atoms with van der Waals surface area (Å²) in [5.41, 5.74) is 1.19. The Hall–Kier alpha value is -1.63. The van der Waals surface area contributed by atoms with E-state index in [0.29, 0.717) is 11.1 Å². The minimum atomic E-state index is -4.11. The molecule has 21 heavy (non-hydrogen) atoms.